The minimum Gasteiger partial charge on any atom is -0.334 e. The molecule has 1 heterocycles. The van der Waals surface area contributed by atoms with Crippen molar-refractivity contribution in [3.63, 3.8) is 0 Å². The van der Waals surface area contributed by atoms with Crippen LogP contribution in [0.4, 0.5) is 0 Å². The Balaban J connectivity index is 2.52. The third-order valence-electron chi connectivity index (χ3n) is 2.23. The van der Waals surface area contributed by atoms with E-state index in [0.717, 1.165) is 18.1 Å². The molecule has 0 aromatic carbocycles. The van der Waals surface area contributed by atoms with Gasteiger partial charge in [0.1, 0.15) is 0 Å². The predicted molar refractivity (Wildman–Crippen MR) is 66.1 cm³/mol. The maximum absolute atomic E-state index is 12.0. The topological polar surface area (TPSA) is 32.3 Å². The highest BCUT2D eigenvalue weighted by Gasteiger charge is 2.24. The molecule has 1 atom stereocenters. The molecule has 84 valence electrons. The fraction of sp³-hybridized carbons (Fsp3) is 0.545. The van der Waals surface area contributed by atoms with Crippen molar-refractivity contribution < 1.29 is 4.79 Å². The quantitative estimate of drug-likeness (QED) is 0.707. The Morgan fingerprint density at radius 2 is 2.13 bits per heavy atom. The Kier molecular flexibility index (Phi) is 5.50. The first-order chi connectivity index (χ1) is 7.29. The average Bonchev–Trinajstić information content (AvgIpc) is 2.29. The van der Waals surface area contributed by atoms with Gasteiger partial charge < -0.3 is 10.2 Å². The van der Waals surface area contributed by atoms with Gasteiger partial charge in [-0.05, 0) is 0 Å². The van der Waals surface area contributed by atoms with Crippen LogP contribution >= 0.6 is 11.8 Å². The van der Waals surface area contributed by atoms with Gasteiger partial charge >= 0.3 is 0 Å². The molecule has 0 saturated carbocycles. The largest absolute Gasteiger partial charge is 0.334 e. The first-order valence-corrected chi connectivity index (χ1v) is 6.26. The summed E-state index contributed by atoms with van der Waals surface area (Å²) >= 11 is 1.82. The number of hydrogen-bond acceptors (Lipinski definition) is 3. The van der Waals surface area contributed by atoms with Crippen LogP contribution in [0.5, 0.6) is 0 Å². The Labute approximate surface area is 95.6 Å². The van der Waals surface area contributed by atoms with Crippen LogP contribution in [0, 0.1) is 0 Å². The SMILES string of the molecule is C=CCN(CC=C)C(=O)C1CSCCN1. The molecule has 0 aliphatic carbocycles. The van der Waals surface area contributed by atoms with Crippen LogP contribution in [0.25, 0.3) is 0 Å². The van der Waals surface area contributed by atoms with Gasteiger partial charge in [-0.15, -0.1) is 13.2 Å². The van der Waals surface area contributed by atoms with Gasteiger partial charge in [-0.3, -0.25) is 4.79 Å². The molecule has 0 radical (unpaired) electrons. The zero-order chi connectivity index (χ0) is 11.1. The molecule has 1 amide bonds. The number of hydrogen-bond donors (Lipinski definition) is 1. The number of rotatable bonds is 5. The predicted octanol–water partition coefficient (Wildman–Crippen LogP) is 0.892. The molecule has 1 rings (SSSR count). The molecule has 4 heteroatoms. The van der Waals surface area contributed by atoms with E-state index >= 15 is 0 Å². The molecule has 3 nitrogen and oxygen atoms in total. The fourth-order valence-electron chi connectivity index (χ4n) is 1.51. The van der Waals surface area contributed by atoms with Crippen LogP contribution in [0.3, 0.4) is 0 Å². The molecular weight excluding hydrogens is 208 g/mol. The monoisotopic (exact) mass is 226 g/mol. The molecule has 1 aliphatic rings. The summed E-state index contributed by atoms with van der Waals surface area (Å²) < 4.78 is 0. The first kappa shape index (κ1) is 12.3. The van der Waals surface area contributed by atoms with Crippen LogP contribution in [-0.4, -0.2) is 48.0 Å². The van der Waals surface area contributed by atoms with E-state index in [1.54, 1.807) is 17.1 Å². The first-order valence-electron chi connectivity index (χ1n) is 5.11. The minimum absolute atomic E-state index is 0.0383. The van der Waals surface area contributed by atoms with Crippen LogP contribution in [0.15, 0.2) is 25.3 Å². The fourth-order valence-corrected chi connectivity index (χ4v) is 2.44. The summed E-state index contributed by atoms with van der Waals surface area (Å²) in [4.78, 5) is 13.8. The van der Waals surface area contributed by atoms with Gasteiger partial charge in [0.25, 0.3) is 0 Å². The van der Waals surface area contributed by atoms with Crippen molar-refractivity contribution in [1.29, 1.82) is 0 Å². The summed E-state index contributed by atoms with van der Waals surface area (Å²) in [7, 11) is 0. The van der Waals surface area contributed by atoms with E-state index < -0.39 is 0 Å². The van der Waals surface area contributed by atoms with Gasteiger partial charge in [0, 0.05) is 31.1 Å². The number of nitrogens with one attached hydrogen (secondary N) is 1. The lowest BCUT2D eigenvalue weighted by atomic mass is 10.2. The standard InChI is InChI=1S/C11H18N2OS/c1-3-6-13(7-4-2)11(14)10-9-15-8-5-12-10/h3-4,10,12H,1-2,5-9H2. The van der Waals surface area contributed by atoms with E-state index in [1.807, 2.05) is 11.8 Å². The van der Waals surface area contributed by atoms with E-state index in [9.17, 15) is 4.79 Å². The Morgan fingerprint density at radius 1 is 1.47 bits per heavy atom. The van der Waals surface area contributed by atoms with Crippen molar-refractivity contribution in [2.24, 2.45) is 0 Å². The molecule has 1 N–H and O–H groups in total. The highest BCUT2D eigenvalue weighted by atomic mass is 32.2. The lowest BCUT2D eigenvalue weighted by molar-refractivity contribution is -0.131. The van der Waals surface area contributed by atoms with Crippen LogP contribution in [-0.2, 0) is 4.79 Å². The second-order valence-electron chi connectivity index (χ2n) is 3.40. The summed E-state index contributed by atoms with van der Waals surface area (Å²) in [5, 5.41) is 3.24. The molecule has 15 heavy (non-hydrogen) atoms. The van der Waals surface area contributed by atoms with Gasteiger partial charge in [0.05, 0.1) is 6.04 Å². The smallest absolute Gasteiger partial charge is 0.241 e. The molecular formula is C11H18N2OS. The second-order valence-corrected chi connectivity index (χ2v) is 4.55. The van der Waals surface area contributed by atoms with Crippen molar-refractivity contribution in [2.45, 2.75) is 6.04 Å². The van der Waals surface area contributed by atoms with Crippen LogP contribution < -0.4 is 5.32 Å². The number of nitrogens with zero attached hydrogens (tertiary/aromatic N) is 1. The maximum atomic E-state index is 12.0. The summed E-state index contributed by atoms with van der Waals surface area (Å²) in [6, 6.07) is -0.0383. The molecule has 1 aliphatic heterocycles. The van der Waals surface area contributed by atoms with E-state index in [1.165, 1.54) is 0 Å². The molecule has 1 saturated heterocycles. The molecule has 0 aromatic rings. The van der Waals surface area contributed by atoms with Crippen LogP contribution in [0.2, 0.25) is 0 Å². The molecule has 1 unspecified atom stereocenters. The highest BCUT2D eigenvalue weighted by Crippen LogP contribution is 2.10. The van der Waals surface area contributed by atoms with Gasteiger partial charge in [0.2, 0.25) is 5.91 Å². The van der Waals surface area contributed by atoms with E-state index in [4.69, 9.17) is 0 Å². The van der Waals surface area contributed by atoms with E-state index in [-0.39, 0.29) is 11.9 Å². The minimum atomic E-state index is -0.0383. The molecule has 0 bridgehead atoms. The van der Waals surface area contributed by atoms with Crippen LogP contribution in [0.1, 0.15) is 0 Å². The number of amides is 1. The summed E-state index contributed by atoms with van der Waals surface area (Å²) in [5.41, 5.74) is 0. The maximum Gasteiger partial charge on any atom is 0.241 e. The summed E-state index contributed by atoms with van der Waals surface area (Å²) in [6.07, 6.45) is 3.49. The highest BCUT2D eigenvalue weighted by molar-refractivity contribution is 7.99. The van der Waals surface area contributed by atoms with Gasteiger partial charge in [-0.25, -0.2) is 0 Å². The Morgan fingerprint density at radius 3 is 2.60 bits per heavy atom. The normalized spacial score (nSPS) is 20.7. The Bertz CT molecular complexity index is 227. The number of carbonyl (C=O) groups excluding carboxylic acids is 1. The molecule has 0 spiro atoms. The van der Waals surface area contributed by atoms with Gasteiger partial charge in [0.15, 0.2) is 0 Å². The van der Waals surface area contributed by atoms with Gasteiger partial charge in [-0.2, -0.15) is 11.8 Å². The van der Waals surface area contributed by atoms with Crippen molar-refractivity contribution in [1.82, 2.24) is 10.2 Å². The number of thioether (sulfide) groups is 1. The van der Waals surface area contributed by atoms with Crippen molar-refractivity contribution in [2.75, 3.05) is 31.1 Å². The van der Waals surface area contributed by atoms with E-state index in [0.29, 0.717) is 13.1 Å². The third kappa shape index (κ3) is 3.72. The lowest BCUT2D eigenvalue weighted by Crippen LogP contribution is -2.50. The zero-order valence-corrected chi connectivity index (χ0v) is 9.76. The number of carbonyl (C=O) groups is 1. The Hall–Kier alpha value is -0.740. The molecule has 0 aromatic heterocycles. The summed E-state index contributed by atoms with van der Waals surface area (Å²) in [6.45, 7) is 9.41. The zero-order valence-electron chi connectivity index (χ0n) is 8.95. The average molecular weight is 226 g/mol. The van der Waals surface area contributed by atoms with Crippen molar-refractivity contribution >= 4 is 17.7 Å². The van der Waals surface area contributed by atoms with E-state index in [2.05, 4.69) is 18.5 Å². The second kappa shape index (κ2) is 6.69. The lowest BCUT2D eigenvalue weighted by Gasteiger charge is -2.28. The van der Waals surface area contributed by atoms with Crippen molar-refractivity contribution in [3.05, 3.63) is 25.3 Å². The third-order valence-corrected chi connectivity index (χ3v) is 3.29. The van der Waals surface area contributed by atoms with Crippen molar-refractivity contribution in [3.8, 4) is 0 Å². The molecule has 1 fully saturated rings. The van der Waals surface area contributed by atoms with Gasteiger partial charge in [-0.1, -0.05) is 12.2 Å². The summed E-state index contributed by atoms with van der Waals surface area (Å²) in [5.74, 6) is 2.11.